The van der Waals surface area contributed by atoms with Gasteiger partial charge in [0.2, 0.25) is 5.91 Å². The van der Waals surface area contributed by atoms with E-state index in [-0.39, 0.29) is 18.2 Å². The molecule has 0 aromatic heterocycles. The molecular weight excluding hydrogens is 365 g/mol. The van der Waals surface area contributed by atoms with Crippen LogP contribution in [0.3, 0.4) is 0 Å². The molecule has 2 aromatic carbocycles. The Morgan fingerprint density at radius 3 is 2.64 bits per heavy atom. The second kappa shape index (κ2) is 8.92. The Hall–Kier alpha value is -2.75. The first-order valence-electron chi connectivity index (χ1n) is 7.12. The normalized spacial score (nSPS) is 9.80. The molecule has 0 saturated carbocycles. The summed E-state index contributed by atoms with van der Waals surface area (Å²) in [5, 5.41) is 14.6. The number of halogens is 2. The second-order valence-electron chi connectivity index (χ2n) is 4.88. The van der Waals surface area contributed by atoms with E-state index in [0.29, 0.717) is 22.0 Å². The number of benzene rings is 2. The standard InChI is InChI=1S/C17H13Cl2N3O3/c18-12-4-5-15(14(19)7-12)25-10-17(24)21-9-16(23)22-13-3-1-2-11(6-13)8-20/h1-7H,9-10H2,(H,21,24)(H,22,23). The lowest BCUT2D eigenvalue weighted by atomic mass is 10.2. The van der Waals surface area contributed by atoms with Gasteiger partial charge in [-0.25, -0.2) is 0 Å². The molecule has 0 unspecified atom stereocenters. The van der Waals surface area contributed by atoms with E-state index in [1.54, 1.807) is 30.3 Å². The van der Waals surface area contributed by atoms with Crippen molar-refractivity contribution in [1.82, 2.24) is 5.32 Å². The molecule has 0 aliphatic carbocycles. The van der Waals surface area contributed by atoms with Crippen LogP contribution in [0.15, 0.2) is 42.5 Å². The molecule has 0 fully saturated rings. The fourth-order valence-corrected chi connectivity index (χ4v) is 2.30. The number of carbonyl (C=O) groups excluding carboxylic acids is 2. The number of carbonyl (C=O) groups is 2. The molecule has 6 nitrogen and oxygen atoms in total. The van der Waals surface area contributed by atoms with Crippen LogP contribution in [-0.4, -0.2) is 25.0 Å². The summed E-state index contributed by atoms with van der Waals surface area (Å²) in [4.78, 5) is 23.5. The number of nitrogens with one attached hydrogen (secondary N) is 2. The van der Waals surface area contributed by atoms with Gasteiger partial charge in [0.25, 0.3) is 5.91 Å². The Morgan fingerprint density at radius 1 is 1.12 bits per heavy atom. The lowest BCUT2D eigenvalue weighted by Crippen LogP contribution is -2.35. The largest absolute Gasteiger partial charge is 0.482 e. The summed E-state index contributed by atoms with van der Waals surface area (Å²) in [7, 11) is 0. The molecule has 0 saturated heterocycles. The van der Waals surface area contributed by atoms with E-state index in [1.807, 2.05) is 6.07 Å². The SMILES string of the molecule is N#Cc1cccc(NC(=O)CNC(=O)COc2ccc(Cl)cc2Cl)c1. The first-order valence-corrected chi connectivity index (χ1v) is 7.88. The summed E-state index contributed by atoms with van der Waals surface area (Å²) >= 11 is 11.7. The van der Waals surface area contributed by atoms with Crippen molar-refractivity contribution in [1.29, 1.82) is 5.26 Å². The average molecular weight is 378 g/mol. The molecule has 0 radical (unpaired) electrons. The summed E-state index contributed by atoms with van der Waals surface area (Å²) in [5.41, 5.74) is 0.901. The van der Waals surface area contributed by atoms with Crippen molar-refractivity contribution in [2.45, 2.75) is 0 Å². The van der Waals surface area contributed by atoms with Crippen LogP contribution in [0.25, 0.3) is 0 Å². The van der Waals surface area contributed by atoms with E-state index in [4.69, 9.17) is 33.2 Å². The van der Waals surface area contributed by atoms with Crippen molar-refractivity contribution in [3.63, 3.8) is 0 Å². The highest BCUT2D eigenvalue weighted by molar-refractivity contribution is 6.35. The summed E-state index contributed by atoms with van der Waals surface area (Å²) in [6, 6.07) is 13.1. The van der Waals surface area contributed by atoms with Crippen LogP contribution in [0.1, 0.15) is 5.56 Å². The van der Waals surface area contributed by atoms with Gasteiger partial charge in [-0.3, -0.25) is 9.59 Å². The predicted molar refractivity (Wildman–Crippen MR) is 94.8 cm³/mol. The lowest BCUT2D eigenvalue weighted by molar-refractivity contribution is -0.125. The van der Waals surface area contributed by atoms with Crippen molar-refractivity contribution >= 4 is 40.7 Å². The van der Waals surface area contributed by atoms with Gasteiger partial charge in [-0.15, -0.1) is 0 Å². The van der Waals surface area contributed by atoms with Crippen molar-refractivity contribution in [2.75, 3.05) is 18.5 Å². The zero-order chi connectivity index (χ0) is 18.2. The third-order valence-corrected chi connectivity index (χ3v) is 3.50. The minimum Gasteiger partial charge on any atom is -0.482 e. The smallest absolute Gasteiger partial charge is 0.258 e. The quantitative estimate of drug-likeness (QED) is 0.809. The Labute approximate surface area is 154 Å². The zero-order valence-electron chi connectivity index (χ0n) is 12.9. The van der Waals surface area contributed by atoms with Gasteiger partial charge in [-0.1, -0.05) is 29.3 Å². The van der Waals surface area contributed by atoms with E-state index >= 15 is 0 Å². The fraction of sp³-hybridized carbons (Fsp3) is 0.118. The Bertz CT molecular complexity index is 834. The third-order valence-electron chi connectivity index (χ3n) is 2.97. The molecule has 0 aliphatic rings. The number of rotatable bonds is 6. The van der Waals surface area contributed by atoms with Crippen LogP contribution in [0.4, 0.5) is 5.69 Å². The number of anilines is 1. The molecule has 8 heteroatoms. The van der Waals surface area contributed by atoms with E-state index in [2.05, 4.69) is 10.6 Å². The molecule has 0 bridgehead atoms. The highest BCUT2D eigenvalue weighted by Crippen LogP contribution is 2.27. The van der Waals surface area contributed by atoms with Crippen LogP contribution in [-0.2, 0) is 9.59 Å². The molecule has 128 valence electrons. The lowest BCUT2D eigenvalue weighted by Gasteiger charge is -2.09. The van der Waals surface area contributed by atoms with Gasteiger partial charge in [0.05, 0.1) is 23.2 Å². The summed E-state index contributed by atoms with van der Waals surface area (Å²) in [6.45, 7) is -0.522. The molecule has 0 heterocycles. The molecule has 2 aromatic rings. The highest BCUT2D eigenvalue weighted by Gasteiger charge is 2.09. The van der Waals surface area contributed by atoms with Gasteiger partial charge in [0.1, 0.15) is 5.75 Å². The molecule has 2 amide bonds. The molecule has 2 N–H and O–H groups in total. The fourth-order valence-electron chi connectivity index (χ4n) is 1.84. The number of hydrogen-bond donors (Lipinski definition) is 2. The van der Waals surface area contributed by atoms with Crippen LogP contribution in [0.2, 0.25) is 10.0 Å². The van der Waals surface area contributed by atoms with Crippen LogP contribution in [0.5, 0.6) is 5.75 Å². The predicted octanol–water partition coefficient (Wildman–Crippen LogP) is 3.00. The van der Waals surface area contributed by atoms with E-state index < -0.39 is 11.8 Å². The summed E-state index contributed by atoms with van der Waals surface area (Å²) in [5.74, 6) is -0.584. The average Bonchev–Trinajstić information content (AvgIpc) is 2.59. The molecular formula is C17H13Cl2N3O3. The van der Waals surface area contributed by atoms with Crippen LogP contribution in [0, 0.1) is 11.3 Å². The van der Waals surface area contributed by atoms with Gasteiger partial charge in [-0.2, -0.15) is 5.26 Å². The van der Waals surface area contributed by atoms with E-state index in [9.17, 15) is 9.59 Å². The monoisotopic (exact) mass is 377 g/mol. The first-order chi connectivity index (χ1) is 12.0. The molecule has 0 spiro atoms. The van der Waals surface area contributed by atoms with Gasteiger partial charge in [0.15, 0.2) is 6.61 Å². The second-order valence-corrected chi connectivity index (χ2v) is 5.72. The molecule has 0 aliphatic heterocycles. The number of nitriles is 1. The van der Waals surface area contributed by atoms with E-state index in [0.717, 1.165) is 0 Å². The van der Waals surface area contributed by atoms with Crippen molar-refractivity contribution in [3.8, 4) is 11.8 Å². The Morgan fingerprint density at radius 2 is 1.92 bits per heavy atom. The zero-order valence-corrected chi connectivity index (χ0v) is 14.4. The minimum absolute atomic E-state index is 0.229. The molecule has 25 heavy (non-hydrogen) atoms. The maximum absolute atomic E-state index is 11.8. The van der Waals surface area contributed by atoms with Crippen LogP contribution < -0.4 is 15.4 Å². The van der Waals surface area contributed by atoms with E-state index in [1.165, 1.54) is 12.1 Å². The number of hydrogen-bond acceptors (Lipinski definition) is 4. The number of amides is 2. The van der Waals surface area contributed by atoms with Gasteiger partial charge in [0, 0.05) is 10.7 Å². The van der Waals surface area contributed by atoms with Crippen molar-refractivity contribution in [3.05, 3.63) is 58.1 Å². The minimum atomic E-state index is -0.480. The van der Waals surface area contributed by atoms with Gasteiger partial charge < -0.3 is 15.4 Å². The maximum Gasteiger partial charge on any atom is 0.258 e. The number of nitrogens with zero attached hydrogens (tertiary/aromatic N) is 1. The topological polar surface area (TPSA) is 91.2 Å². The summed E-state index contributed by atoms with van der Waals surface area (Å²) in [6.07, 6.45) is 0. The van der Waals surface area contributed by atoms with Crippen LogP contribution >= 0.6 is 23.2 Å². The molecule has 2 rings (SSSR count). The van der Waals surface area contributed by atoms with Crippen molar-refractivity contribution < 1.29 is 14.3 Å². The Kier molecular flexibility index (Phi) is 6.63. The maximum atomic E-state index is 11.8. The van der Waals surface area contributed by atoms with Crippen molar-refractivity contribution in [2.24, 2.45) is 0 Å². The third kappa shape index (κ3) is 5.99. The molecule has 0 atom stereocenters. The first kappa shape index (κ1) is 18.6. The highest BCUT2D eigenvalue weighted by atomic mass is 35.5. The Balaban J connectivity index is 1.77. The van der Waals surface area contributed by atoms with Gasteiger partial charge >= 0.3 is 0 Å². The van der Waals surface area contributed by atoms with Gasteiger partial charge in [-0.05, 0) is 36.4 Å². The number of ether oxygens (including phenoxy) is 1. The summed E-state index contributed by atoms with van der Waals surface area (Å²) < 4.78 is 5.26.